The molecule has 0 saturated carbocycles. The quantitative estimate of drug-likeness (QED) is 0.711. The molecule has 0 saturated heterocycles. The Hall–Kier alpha value is -1.41. The van der Waals surface area contributed by atoms with Crippen LogP contribution in [0, 0.1) is 6.92 Å². The smallest absolute Gasteiger partial charge is 0.137 e. The first kappa shape index (κ1) is 11.1. The van der Waals surface area contributed by atoms with Gasteiger partial charge >= 0.3 is 0 Å². The lowest BCUT2D eigenvalue weighted by atomic mass is 10.2. The van der Waals surface area contributed by atoms with Crippen LogP contribution < -0.4 is 4.18 Å². The lowest BCUT2D eigenvalue weighted by molar-refractivity contribution is 0.649. The summed E-state index contributed by atoms with van der Waals surface area (Å²) in [5, 5.41) is 0. The molecule has 1 aliphatic rings. The highest BCUT2D eigenvalue weighted by Gasteiger charge is 2.00. The summed E-state index contributed by atoms with van der Waals surface area (Å²) in [6.07, 6.45) is 11.3. The minimum Gasteiger partial charge on any atom is -0.421 e. The van der Waals surface area contributed by atoms with Crippen LogP contribution in [0.25, 0.3) is 0 Å². The molecule has 0 heterocycles. The Morgan fingerprint density at radius 1 is 1.06 bits per heavy atom. The molecule has 82 valence electrons. The summed E-state index contributed by atoms with van der Waals surface area (Å²) in [5.74, 6) is 0.897. The fourth-order valence-corrected chi connectivity index (χ4v) is 1.93. The summed E-state index contributed by atoms with van der Waals surface area (Å²) in [6, 6.07) is 8.09. The van der Waals surface area contributed by atoms with Crippen LogP contribution in [0.2, 0.25) is 0 Å². The minimum absolute atomic E-state index is 0.897. The number of allylic oxidation sites excluding steroid dienone is 6. The van der Waals surface area contributed by atoms with Crippen LogP contribution in [0.4, 0.5) is 0 Å². The maximum Gasteiger partial charge on any atom is 0.137 e. The number of benzene rings is 1. The van der Waals surface area contributed by atoms with E-state index in [1.807, 2.05) is 24.3 Å². The Morgan fingerprint density at radius 3 is 2.69 bits per heavy atom. The standard InChI is InChI=1S/C14H14OS/c1-12-8-10-13(11-9-12)15-16-14-6-4-2-3-5-7-14/h2-6,8-11H,7H2,1H3. The van der Waals surface area contributed by atoms with Crippen molar-refractivity contribution in [1.82, 2.24) is 0 Å². The molecular weight excluding hydrogens is 216 g/mol. The van der Waals surface area contributed by atoms with Crippen molar-refractivity contribution in [2.24, 2.45) is 0 Å². The molecule has 1 aromatic carbocycles. The number of hydrogen-bond donors (Lipinski definition) is 0. The van der Waals surface area contributed by atoms with E-state index >= 15 is 0 Å². The molecule has 0 unspecified atom stereocenters. The molecule has 1 aliphatic carbocycles. The van der Waals surface area contributed by atoms with E-state index in [-0.39, 0.29) is 0 Å². The van der Waals surface area contributed by atoms with Crippen LogP contribution in [0.1, 0.15) is 12.0 Å². The molecule has 0 spiro atoms. The van der Waals surface area contributed by atoms with Crippen molar-refractivity contribution in [3.63, 3.8) is 0 Å². The number of rotatable bonds is 3. The summed E-state index contributed by atoms with van der Waals surface area (Å²) in [5.41, 5.74) is 1.25. The van der Waals surface area contributed by atoms with E-state index in [0.29, 0.717) is 0 Å². The van der Waals surface area contributed by atoms with Crippen molar-refractivity contribution >= 4 is 12.0 Å². The van der Waals surface area contributed by atoms with Gasteiger partial charge in [-0.25, -0.2) is 0 Å². The Labute approximate surface area is 101 Å². The van der Waals surface area contributed by atoms with Gasteiger partial charge in [0.2, 0.25) is 0 Å². The maximum atomic E-state index is 5.64. The van der Waals surface area contributed by atoms with E-state index in [4.69, 9.17) is 4.18 Å². The molecule has 2 rings (SSSR count). The molecule has 0 aromatic heterocycles. The molecule has 0 aliphatic heterocycles. The molecule has 0 N–H and O–H groups in total. The predicted octanol–water partition coefficient (Wildman–Crippen LogP) is 4.42. The van der Waals surface area contributed by atoms with E-state index in [1.165, 1.54) is 22.5 Å². The summed E-state index contributed by atoms with van der Waals surface area (Å²) in [6.45, 7) is 2.07. The van der Waals surface area contributed by atoms with Crippen molar-refractivity contribution in [3.05, 3.63) is 65.1 Å². The predicted molar refractivity (Wildman–Crippen MR) is 70.4 cm³/mol. The van der Waals surface area contributed by atoms with E-state index < -0.39 is 0 Å². The highest BCUT2D eigenvalue weighted by Crippen LogP contribution is 2.25. The van der Waals surface area contributed by atoms with Crippen LogP contribution in [0.3, 0.4) is 0 Å². The van der Waals surface area contributed by atoms with E-state index in [0.717, 1.165) is 12.2 Å². The summed E-state index contributed by atoms with van der Waals surface area (Å²) >= 11 is 1.43. The van der Waals surface area contributed by atoms with E-state index in [2.05, 4.69) is 37.3 Å². The van der Waals surface area contributed by atoms with Gasteiger partial charge in [0.05, 0.1) is 12.0 Å². The zero-order valence-electron chi connectivity index (χ0n) is 9.22. The van der Waals surface area contributed by atoms with Gasteiger partial charge in [0.25, 0.3) is 0 Å². The van der Waals surface area contributed by atoms with Crippen molar-refractivity contribution in [1.29, 1.82) is 0 Å². The average molecular weight is 230 g/mol. The second-order valence-electron chi connectivity index (χ2n) is 3.63. The van der Waals surface area contributed by atoms with Gasteiger partial charge in [-0.15, -0.1) is 0 Å². The molecule has 1 aromatic rings. The maximum absolute atomic E-state index is 5.64. The van der Waals surface area contributed by atoms with Gasteiger partial charge in [0.1, 0.15) is 5.75 Å². The molecule has 0 bridgehead atoms. The van der Waals surface area contributed by atoms with Gasteiger partial charge in [0, 0.05) is 4.91 Å². The van der Waals surface area contributed by atoms with E-state index in [1.54, 1.807) is 0 Å². The molecule has 0 amide bonds. The van der Waals surface area contributed by atoms with Crippen LogP contribution >= 0.6 is 12.0 Å². The van der Waals surface area contributed by atoms with Crippen molar-refractivity contribution in [2.45, 2.75) is 13.3 Å². The second-order valence-corrected chi connectivity index (χ2v) is 4.49. The second kappa shape index (κ2) is 5.61. The first-order valence-electron chi connectivity index (χ1n) is 5.28. The van der Waals surface area contributed by atoms with Crippen molar-refractivity contribution < 1.29 is 4.18 Å². The van der Waals surface area contributed by atoms with Crippen molar-refractivity contribution in [2.75, 3.05) is 0 Å². The first-order valence-corrected chi connectivity index (χ1v) is 6.02. The van der Waals surface area contributed by atoms with Crippen LogP contribution in [-0.2, 0) is 0 Å². The van der Waals surface area contributed by atoms with Gasteiger partial charge in [-0.1, -0.05) is 42.0 Å². The molecule has 0 radical (unpaired) electrons. The third-order valence-electron chi connectivity index (χ3n) is 2.23. The normalized spacial score (nSPS) is 14.4. The van der Waals surface area contributed by atoms with Gasteiger partial charge in [-0.2, -0.15) is 0 Å². The SMILES string of the molecule is Cc1ccc(OSC2=CC=CC=CC2)cc1. The monoisotopic (exact) mass is 230 g/mol. The summed E-state index contributed by atoms with van der Waals surface area (Å²) in [7, 11) is 0. The molecule has 0 fully saturated rings. The van der Waals surface area contributed by atoms with Gasteiger partial charge in [-0.05, 0) is 31.6 Å². The zero-order chi connectivity index (χ0) is 11.2. The van der Waals surface area contributed by atoms with Gasteiger partial charge < -0.3 is 4.18 Å². The molecule has 16 heavy (non-hydrogen) atoms. The highest BCUT2D eigenvalue weighted by atomic mass is 32.2. The third-order valence-corrected chi connectivity index (χ3v) is 3.02. The van der Waals surface area contributed by atoms with Crippen molar-refractivity contribution in [3.8, 4) is 5.75 Å². The zero-order valence-corrected chi connectivity index (χ0v) is 10.0. The summed E-state index contributed by atoms with van der Waals surface area (Å²) < 4.78 is 5.64. The number of aryl methyl sites for hydroxylation is 1. The van der Waals surface area contributed by atoms with Crippen LogP contribution in [-0.4, -0.2) is 0 Å². The molecular formula is C14H14OS. The Kier molecular flexibility index (Phi) is 3.89. The van der Waals surface area contributed by atoms with Crippen LogP contribution in [0.15, 0.2) is 59.6 Å². The fourth-order valence-electron chi connectivity index (χ4n) is 1.32. The van der Waals surface area contributed by atoms with Gasteiger partial charge in [0.15, 0.2) is 0 Å². The van der Waals surface area contributed by atoms with E-state index in [9.17, 15) is 0 Å². The lowest BCUT2D eigenvalue weighted by Gasteiger charge is -2.05. The average Bonchev–Trinajstić information content (AvgIpc) is 2.57. The molecule has 0 atom stereocenters. The Balaban J connectivity index is 1.92. The Bertz CT molecular complexity index is 427. The first-order chi connectivity index (χ1) is 7.84. The highest BCUT2D eigenvalue weighted by molar-refractivity contribution is 7.98. The largest absolute Gasteiger partial charge is 0.421 e. The summed E-state index contributed by atoms with van der Waals surface area (Å²) in [4.78, 5) is 1.21. The molecule has 2 heteroatoms. The van der Waals surface area contributed by atoms with Crippen LogP contribution in [0.5, 0.6) is 5.75 Å². The Morgan fingerprint density at radius 2 is 1.88 bits per heavy atom. The lowest BCUT2D eigenvalue weighted by Crippen LogP contribution is -1.83. The molecule has 1 nitrogen and oxygen atoms in total. The number of hydrogen-bond acceptors (Lipinski definition) is 2. The fraction of sp³-hybridized carbons (Fsp3) is 0.143. The third kappa shape index (κ3) is 3.31. The minimum atomic E-state index is 0.897. The topological polar surface area (TPSA) is 9.23 Å². The van der Waals surface area contributed by atoms with Gasteiger partial charge in [-0.3, -0.25) is 0 Å².